The van der Waals surface area contributed by atoms with Gasteiger partial charge in [0, 0.05) is 21.0 Å². The van der Waals surface area contributed by atoms with Gasteiger partial charge in [-0.15, -0.1) is 23.1 Å². The van der Waals surface area contributed by atoms with Gasteiger partial charge in [-0.1, -0.05) is 61.5 Å². The maximum atomic E-state index is 13.9. The number of anilines is 2. The molecule has 2 unspecified atom stereocenters. The first-order valence-electron chi connectivity index (χ1n) is 13.6. The van der Waals surface area contributed by atoms with E-state index in [1.54, 1.807) is 6.07 Å². The summed E-state index contributed by atoms with van der Waals surface area (Å²) in [5.74, 6) is -0.309. The largest absolute Gasteiger partial charge is 0.465 e. The minimum Gasteiger partial charge on any atom is -0.465 e. The Morgan fingerprint density at radius 1 is 0.976 bits per heavy atom. The van der Waals surface area contributed by atoms with Gasteiger partial charge in [0.15, 0.2) is 0 Å². The summed E-state index contributed by atoms with van der Waals surface area (Å²) < 4.78 is 5.11. The van der Waals surface area contributed by atoms with E-state index in [0.717, 1.165) is 45.7 Å². The normalized spacial score (nSPS) is 15.0. The van der Waals surface area contributed by atoms with Gasteiger partial charge < -0.3 is 15.4 Å². The summed E-state index contributed by atoms with van der Waals surface area (Å²) in [6.45, 7) is 4.11. The van der Waals surface area contributed by atoms with E-state index in [4.69, 9.17) is 4.74 Å². The summed E-state index contributed by atoms with van der Waals surface area (Å²) >= 11 is 2.87. The summed E-state index contributed by atoms with van der Waals surface area (Å²) in [5, 5.41) is 6.00. The van der Waals surface area contributed by atoms with Crippen LogP contribution >= 0.6 is 23.1 Å². The second-order valence-corrected chi connectivity index (χ2v) is 12.5. The second-order valence-electron chi connectivity index (χ2n) is 10.2. The fourth-order valence-corrected chi connectivity index (χ4v) is 7.53. The lowest BCUT2D eigenvalue weighted by Gasteiger charge is -2.18. The number of methoxy groups -OCH3 is 1. The highest BCUT2D eigenvalue weighted by atomic mass is 32.2. The molecule has 0 aliphatic heterocycles. The van der Waals surface area contributed by atoms with Crippen molar-refractivity contribution in [2.24, 2.45) is 5.92 Å². The smallest absolute Gasteiger partial charge is 0.341 e. The van der Waals surface area contributed by atoms with E-state index >= 15 is 0 Å². The average molecular weight is 585 g/mol. The molecule has 2 amide bonds. The molecule has 3 aromatic carbocycles. The number of carbonyl (C=O) groups excluding carboxylic acids is 3. The molecular weight excluding hydrogens is 553 g/mol. The monoisotopic (exact) mass is 584 g/mol. The molecule has 8 heteroatoms. The molecule has 1 aliphatic carbocycles. The molecule has 0 fully saturated rings. The zero-order valence-corrected chi connectivity index (χ0v) is 24.9. The maximum absolute atomic E-state index is 13.9. The number of ether oxygens (including phenoxy) is 1. The molecular formula is C33H32N2O4S2. The molecule has 4 aromatic rings. The number of hydrogen-bond acceptors (Lipinski definition) is 6. The Morgan fingerprint density at radius 2 is 1.73 bits per heavy atom. The first-order chi connectivity index (χ1) is 19.8. The summed E-state index contributed by atoms with van der Waals surface area (Å²) in [6, 6.07) is 24.5. The quantitative estimate of drug-likeness (QED) is 0.164. The SMILES string of the molecule is COC(=O)c1c(NC(=O)C(Sc2cccc(NC(=O)c3ccccc3C)c2)c2ccccc2)sc2c1CCC(C)C2. The number of carbonyl (C=O) groups is 3. The van der Waals surface area contributed by atoms with Crippen LogP contribution in [0, 0.1) is 12.8 Å². The third kappa shape index (κ3) is 6.55. The third-order valence-electron chi connectivity index (χ3n) is 7.21. The number of rotatable bonds is 8. The Balaban J connectivity index is 1.41. The van der Waals surface area contributed by atoms with E-state index in [-0.39, 0.29) is 11.8 Å². The van der Waals surface area contributed by atoms with Gasteiger partial charge in [0.25, 0.3) is 5.91 Å². The minimum absolute atomic E-state index is 0.186. The number of amides is 2. The van der Waals surface area contributed by atoms with Gasteiger partial charge in [-0.25, -0.2) is 4.79 Å². The Labute approximate surface area is 248 Å². The van der Waals surface area contributed by atoms with Crippen molar-refractivity contribution in [3.8, 4) is 0 Å². The molecule has 1 aromatic heterocycles. The van der Waals surface area contributed by atoms with Crippen LogP contribution in [-0.4, -0.2) is 24.9 Å². The van der Waals surface area contributed by atoms with E-state index in [1.807, 2.05) is 79.7 Å². The van der Waals surface area contributed by atoms with Gasteiger partial charge >= 0.3 is 5.97 Å². The standard InChI is InChI=1S/C33H32N2O4S2/c1-20-16-17-26-27(18-20)41-32(28(26)33(38)39-3)35-31(37)29(22-11-5-4-6-12-22)40-24-14-9-13-23(19-24)34-30(36)25-15-8-7-10-21(25)2/h4-15,19-20,29H,16-18H2,1-3H3,(H,34,36)(H,35,37). The van der Waals surface area contributed by atoms with E-state index in [2.05, 4.69) is 17.6 Å². The molecule has 2 atom stereocenters. The lowest BCUT2D eigenvalue weighted by molar-refractivity contribution is -0.115. The molecule has 6 nitrogen and oxygen atoms in total. The number of hydrogen-bond donors (Lipinski definition) is 2. The van der Waals surface area contributed by atoms with Crippen molar-refractivity contribution in [2.45, 2.75) is 43.3 Å². The molecule has 1 aliphatic rings. The van der Waals surface area contributed by atoms with Crippen molar-refractivity contribution in [1.29, 1.82) is 0 Å². The van der Waals surface area contributed by atoms with E-state index in [9.17, 15) is 14.4 Å². The number of thiophene rings is 1. The van der Waals surface area contributed by atoms with Gasteiger partial charge in [-0.3, -0.25) is 9.59 Å². The van der Waals surface area contributed by atoms with Gasteiger partial charge in [-0.2, -0.15) is 0 Å². The number of aryl methyl sites for hydroxylation is 1. The molecule has 0 spiro atoms. The minimum atomic E-state index is -0.595. The predicted molar refractivity (Wildman–Crippen MR) is 166 cm³/mol. The third-order valence-corrected chi connectivity index (χ3v) is 9.63. The lowest BCUT2D eigenvalue weighted by atomic mass is 9.88. The molecule has 0 radical (unpaired) electrons. The highest BCUT2D eigenvalue weighted by Gasteiger charge is 2.31. The molecule has 0 bridgehead atoms. The van der Waals surface area contributed by atoms with Crippen LogP contribution in [0.4, 0.5) is 10.7 Å². The maximum Gasteiger partial charge on any atom is 0.341 e. The Kier molecular flexibility index (Phi) is 8.90. The lowest BCUT2D eigenvalue weighted by Crippen LogP contribution is -2.20. The predicted octanol–water partition coefficient (Wildman–Crippen LogP) is 7.69. The van der Waals surface area contributed by atoms with Crippen molar-refractivity contribution in [1.82, 2.24) is 0 Å². The van der Waals surface area contributed by atoms with Crippen LogP contribution < -0.4 is 10.6 Å². The Bertz CT molecular complexity index is 1580. The molecule has 1 heterocycles. The van der Waals surface area contributed by atoms with Gasteiger partial charge in [0.2, 0.25) is 5.91 Å². The van der Waals surface area contributed by atoms with Crippen LogP contribution in [-0.2, 0) is 22.4 Å². The fraction of sp³-hybridized carbons (Fsp3) is 0.242. The van der Waals surface area contributed by atoms with E-state index in [0.29, 0.717) is 27.7 Å². The van der Waals surface area contributed by atoms with E-state index in [1.165, 1.54) is 30.2 Å². The zero-order chi connectivity index (χ0) is 28.9. The summed E-state index contributed by atoms with van der Waals surface area (Å²) in [5.41, 5.74) is 4.46. The zero-order valence-electron chi connectivity index (χ0n) is 23.2. The van der Waals surface area contributed by atoms with Crippen LogP contribution in [0.5, 0.6) is 0 Å². The first kappa shape index (κ1) is 28.6. The molecule has 41 heavy (non-hydrogen) atoms. The molecule has 210 valence electrons. The van der Waals surface area contributed by atoms with Crippen molar-refractivity contribution in [3.63, 3.8) is 0 Å². The second kappa shape index (κ2) is 12.7. The van der Waals surface area contributed by atoms with Crippen molar-refractivity contribution in [2.75, 3.05) is 17.7 Å². The van der Waals surface area contributed by atoms with Gasteiger partial charge in [0.05, 0.1) is 12.7 Å². The highest BCUT2D eigenvalue weighted by Crippen LogP contribution is 2.42. The fourth-order valence-electron chi connectivity index (χ4n) is 5.04. The number of fused-ring (bicyclic) bond motifs is 1. The van der Waals surface area contributed by atoms with Gasteiger partial charge in [-0.05, 0) is 73.1 Å². The van der Waals surface area contributed by atoms with Crippen LogP contribution in [0.2, 0.25) is 0 Å². The summed E-state index contributed by atoms with van der Waals surface area (Å²) in [6.07, 6.45) is 2.68. The van der Waals surface area contributed by atoms with Crippen LogP contribution in [0.25, 0.3) is 0 Å². The summed E-state index contributed by atoms with van der Waals surface area (Å²) in [4.78, 5) is 41.6. The number of nitrogens with one attached hydrogen (secondary N) is 2. The van der Waals surface area contributed by atoms with Crippen LogP contribution in [0.1, 0.15) is 60.9 Å². The number of benzene rings is 3. The Hall–Kier alpha value is -3.88. The molecule has 0 saturated heterocycles. The molecule has 2 N–H and O–H groups in total. The Morgan fingerprint density at radius 3 is 2.49 bits per heavy atom. The number of esters is 1. The van der Waals surface area contributed by atoms with Crippen LogP contribution in [0.15, 0.2) is 83.8 Å². The average Bonchev–Trinajstić information content (AvgIpc) is 3.32. The van der Waals surface area contributed by atoms with Crippen molar-refractivity contribution < 1.29 is 19.1 Å². The van der Waals surface area contributed by atoms with Gasteiger partial charge in [0.1, 0.15) is 10.3 Å². The van der Waals surface area contributed by atoms with Crippen LogP contribution in [0.3, 0.4) is 0 Å². The van der Waals surface area contributed by atoms with Crippen molar-refractivity contribution in [3.05, 3.63) is 112 Å². The first-order valence-corrected chi connectivity index (χ1v) is 15.3. The topological polar surface area (TPSA) is 84.5 Å². The number of thioether (sulfide) groups is 1. The molecule has 0 saturated carbocycles. The van der Waals surface area contributed by atoms with Crippen molar-refractivity contribution >= 4 is 51.6 Å². The highest BCUT2D eigenvalue weighted by molar-refractivity contribution is 8.00. The molecule has 5 rings (SSSR count). The summed E-state index contributed by atoms with van der Waals surface area (Å²) in [7, 11) is 1.37. The van der Waals surface area contributed by atoms with E-state index < -0.39 is 11.2 Å².